The Morgan fingerprint density at radius 3 is 2.78 bits per heavy atom. The zero-order valence-corrected chi connectivity index (χ0v) is 11.9. The van der Waals surface area contributed by atoms with Crippen LogP contribution in [-0.4, -0.2) is 18.8 Å². The normalized spacial score (nSPS) is 25.4. The first-order valence-corrected chi connectivity index (χ1v) is 6.77. The average molecular weight is 292 g/mol. The zero-order valence-electron chi connectivity index (χ0n) is 10.3. The summed E-state index contributed by atoms with van der Waals surface area (Å²) in [6.07, 6.45) is 1.09. The van der Waals surface area contributed by atoms with Crippen LogP contribution in [0.25, 0.3) is 0 Å². The number of hydrogen-bond donors (Lipinski definition) is 1. The predicted octanol–water partition coefficient (Wildman–Crippen LogP) is 3.96. The number of benzene rings is 1. The number of rotatable bonds is 3. The highest BCUT2D eigenvalue weighted by Crippen LogP contribution is 2.33. The molecule has 0 bridgehead atoms. The number of halogens is 3. The molecule has 1 heterocycles. The van der Waals surface area contributed by atoms with Crippen LogP contribution in [0, 0.1) is 5.82 Å². The first-order valence-electron chi connectivity index (χ1n) is 6.01. The molecule has 1 aromatic rings. The molecule has 1 aromatic carbocycles. The quantitative estimate of drug-likeness (QED) is 0.851. The summed E-state index contributed by atoms with van der Waals surface area (Å²) >= 11 is 12.1. The first-order chi connectivity index (χ1) is 8.50. The van der Waals surface area contributed by atoms with Crippen molar-refractivity contribution in [2.24, 2.45) is 0 Å². The fraction of sp³-hybridized carbons (Fsp3) is 0.538. The highest BCUT2D eigenvalue weighted by atomic mass is 35.5. The van der Waals surface area contributed by atoms with E-state index in [1.54, 1.807) is 0 Å². The van der Waals surface area contributed by atoms with E-state index in [9.17, 15) is 4.39 Å². The molecule has 1 aliphatic rings. The lowest BCUT2D eigenvalue weighted by Crippen LogP contribution is -2.36. The highest BCUT2D eigenvalue weighted by molar-refractivity contribution is 6.36. The molecule has 0 radical (unpaired) electrons. The lowest BCUT2D eigenvalue weighted by Gasteiger charge is -2.23. The Kier molecular flexibility index (Phi) is 4.49. The molecule has 1 fully saturated rings. The van der Waals surface area contributed by atoms with Crippen LogP contribution >= 0.6 is 23.2 Å². The van der Waals surface area contributed by atoms with Gasteiger partial charge in [-0.15, -0.1) is 0 Å². The minimum atomic E-state index is -0.444. The van der Waals surface area contributed by atoms with E-state index in [4.69, 9.17) is 27.9 Å². The molecule has 0 saturated carbocycles. The van der Waals surface area contributed by atoms with E-state index >= 15 is 0 Å². The van der Waals surface area contributed by atoms with E-state index in [0.29, 0.717) is 10.6 Å². The molecule has 100 valence electrons. The standard InChI is InChI=1S/C13H16Cl2FNO/c1-7(17-11-5-6-18-8(11)2)12-9(14)3-4-10(16)13(12)15/h3-4,7-8,11,17H,5-6H2,1-2H3. The Bertz CT molecular complexity index is 441. The van der Waals surface area contributed by atoms with Gasteiger partial charge in [0.05, 0.1) is 11.1 Å². The summed E-state index contributed by atoms with van der Waals surface area (Å²) in [5, 5.41) is 3.96. The molecule has 2 nitrogen and oxygen atoms in total. The van der Waals surface area contributed by atoms with Crippen LogP contribution in [0.4, 0.5) is 4.39 Å². The van der Waals surface area contributed by atoms with E-state index in [2.05, 4.69) is 5.32 Å². The summed E-state index contributed by atoms with van der Waals surface area (Å²) in [5.74, 6) is -0.444. The second-order valence-electron chi connectivity index (χ2n) is 4.62. The van der Waals surface area contributed by atoms with Gasteiger partial charge in [-0.3, -0.25) is 0 Å². The van der Waals surface area contributed by atoms with Crippen molar-refractivity contribution in [3.05, 3.63) is 33.6 Å². The summed E-state index contributed by atoms with van der Waals surface area (Å²) in [6, 6.07) is 2.94. The molecule has 0 aliphatic carbocycles. The van der Waals surface area contributed by atoms with Crippen molar-refractivity contribution < 1.29 is 9.13 Å². The van der Waals surface area contributed by atoms with E-state index in [0.717, 1.165) is 13.0 Å². The SMILES string of the molecule is CC(NC1CCOC1C)c1c(Cl)ccc(F)c1Cl. The third-order valence-electron chi connectivity index (χ3n) is 3.35. The molecule has 1 saturated heterocycles. The van der Waals surface area contributed by atoms with E-state index in [1.807, 2.05) is 13.8 Å². The summed E-state index contributed by atoms with van der Waals surface area (Å²) in [4.78, 5) is 0. The second-order valence-corrected chi connectivity index (χ2v) is 5.40. The van der Waals surface area contributed by atoms with Crippen LogP contribution in [0.15, 0.2) is 12.1 Å². The molecule has 5 heteroatoms. The Morgan fingerprint density at radius 1 is 1.44 bits per heavy atom. The van der Waals surface area contributed by atoms with Crippen LogP contribution in [0.5, 0.6) is 0 Å². The maximum absolute atomic E-state index is 13.5. The monoisotopic (exact) mass is 291 g/mol. The molecular weight excluding hydrogens is 276 g/mol. The lowest BCUT2D eigenvalue weighted by atomic mass is 10.0. The van der Waals surface area contributed by atoms with Gasteiger partial charge in [-0.2, -0.15) is 0 Å². The maximum atomic E-state index is 13.5. The minimum absolute atomic E-state index is 0.0917. The van der Waals surface area contributed by atoms with E-state index in [1.165, 1.54) is 12.1 Å². The molecule has 1 aliphatic heterocycles. The van der Waals surface area contributed by atoms with Crippen molar-refractivity contribution in [2.75, 3.05) is 6.61 Å². The van der Waals surface area contributed by atoms with Gasteiger partial charge in [0, 0.05) is 29.3 Å². The van der Waals surface area contributed by atoms with Gasteiger partial charge in [0.2, 0.25) is 0 Å². The van der Waals surface area contributed by atoms with Gasteiger partial charge in [-0.05, 0) is 32.4 Å². The van der Waals surface area contributed by atoms with Gasteiger partial charge in [0.1, 0.15) is 5.82 Å². The third kappa shape index (κ3) is 2.80. The van der Waals surface area contributed by atoms with Crippen molar-refractivity contribution in [3.63, 3.8) is 0 Å². The van der Waals surface area contributed by atoms with Crippen molar-refractivity contribution in [3.8, 4) is 0 Å². The summed E-state index contributed by atoms with van der Waals surface area (Å²) in [7, 11) is 0. The third-order valence-corrected chi connectivity index (χ3v) is 4.07. The van der Waals surface area contributed by atoms with Crippen molar-refractivity contribution >= 4 is 23.2 Å². The van der Waals surface area contributed by atoms with Crippen LogP contribution in [0.1, 0.15) is 31.9 Å². The Morgan fingerprint density at radius 2 is 2.17 bits per heavy atom. The fourth-order valence-corrected chi connectivity index (χ4v) is 2.99. The van der Waals surface area contributed by atoms with Crippen molar-refractivity contribution in [1.82, 2.24) is 5.32 Å². The number of hydrogen-bond acceptors (Lipinski definition) is 2. The van der Waals surface area contributed by atoms with Crippen LogP contribution < -0.4 is 5.32 Å². The van der Waals surface area contributed by atoms with Gasteiger partial charge in [-0.25, -0.2) is 4.39 Å². The molecule has 0 spiro atoms. The smallest absolute Gasteiger partial charge is 0.142 e. The van der Waals surface area contributed by atoms with Gasteiger partial charge in [0.15, 0.2) is 0 Å². The lowest BCUT2D eigenvalue weighted by molar-refractivity contribution is 0.111. The van der Waals surface area contributed by atoms with Gasteiger partial charge in [0.25, 0.3) is 0 Å². The molecule has 2 rings (SSSR count). The fourth-order valence-electron chi connectivity index (χ4n) is 2.29. The molecule has 3 unspecified atom stereocenters. The predicted molar refractivity (Wildman–Crippen MR) is 71.8 cm³/mol. The van der Waals surface area contributed by atoms with E-state index in [-0.39, 0.29) is 23.2 Å². The summed E-state index contributed by atoms with van der Waals surface area (Å²) in [6.45, 7) is 4.69. The van der Waals surface area contributed by atoms with Crippen molar-refractivity contribution in [2.45, 2.75) is 38.5 Å². The van der Waals surface area contributed by atoms with Crippen molar-refractivity contribution in [1.29, 1.82) is 0 Å². The molecule has 3 atom stereocenters. The highest BCUT2D eigenvalue weighted by Gasteiger charge is 2.27. The second kappa shape index (κ2) is 5.74. The van der Waals surface area contributed by atoms with Gasteiger partial charge < -0.3 is 10.1 Å². The number of ether oxygens (including phenoxy) is 1. The molecule has 0 aromatic heterocycles. The van der Waals surface area contributed by atoms with E-state index < -0.39 is 5.82 Å². The minimum Gasteiger partial charge on any atom is -0.377 e. The Hall–Kier alpha value is -0.350. The summed E-state index contributed by atoms with van der Waals surface area (Å²) < 4.78 is 19.0. The topological polar surface area (TPSA) is 21.3 Å². The molecule has 1 N–H and O–H groups in total. The summed E-state index contributed by atoms with van der Waals surface area (Å²) in [5.41, 5.74) is 0.609. The van der Waals surface area contributed by atoms with Crippen LogP contribution in [0.2, 0.25) is 10.0 Å². The molecule has 18 heavy (non-hydrogen) atoms. The molecular formula is C13H16Cl2FNO. The Balaban J connectivity index is 2.18. The zero-order chi connectivity index (χ0) is 13.3. The number of nitrogens with one attached hydrogen (secondary N) is 1. The van der Waals surface area contributed by atoms with Gasteiger partial charge >= 0.3 is 0 Å². The molecule has 0 amide bonds. The van der Waals surface area contributed by atoms with Crippen LogP contribution in [0.3, 0.4) is 0 Å². The Labute approximate surface area is 116 Å². The van der Waals surface area contributed by atoms with Gasteiger partial charge in [-0.1, -0.05) is 23.2 Å². The first kappa shape index (κ1) is 14.1. The average Bonchev–Trinajstić information content (AvgIpc) is 2.70. The largest absolute Gasteiger partial charge is 0.377 e. The maximum Gasteiger partial charge on any atom is 0.142 e. The van der Waals surface area contributed by atoms with Crippen LogP contribution in [-0.2, 0) is 4.74 Å².